The molecule has 0 aromatic heterocycles. The SMILES string of the molecule is CCN(CC1CCCN1)C(=O)C1CCCCS1(=O)=O. The zero-order valence-electron chi connectivity index (χ0n) is 11.6. The van der Waals surface area contributed by atoms with Crippen molar-refractivity contribution < 1.29 is 13.2 Å². The van der Waals surface area contributed by atoms with Gasteiger partial charge in [-0.3, -0.25) is 4.79 Å². The molecule has 0 aromatic rings. The highest BCUT2D eigenvalue weighted by molar-refractivity contribution is 7.92. The van der Waals surface area contributed by atoms with E-state index in [1.807, 2.05) is 6.92 Å². The highest BCUT2D eigenvalue weighted by Crippen LogP contribution is 2.22. The first kappa shape index (κ1) is 14.8. The first-order valence-electron chi connectivity index (χ1n) is 7.28. The molecule has 2 heterocycles. The minimum absolute atomic E-state index is 0.169. The van der Waals surface area contributed by atoms with E-state index in [0.29, 0.717) is 32.0 Å². The van der Waals surface area contributed by atoms with Gasteiger partial charge in [-0.1, -0.05) is 6.42 Å². The monoisotopic (exact) mass is 288 g/mol. The Morgan fingerprint density at radius 2 is 2.05 bits per heavy atom. The maximum atomic E-state index is 12.5. The van der Waals surface area contributed by atoms with Crippen LogP contribution >= 0.6 is 0 Å². The molecule has 2 saturated heterocycles. The van der Waals surface area contributed by atoms with E-state index in [2.05, 4.69) is 5.32 Å². The van der Waals surface area contributed by atoms with Crippen LogP contribution in [0.3, 0.4) is 0 Å². The van der Waals surface area contributed by atoms with Crippen molar-refractivity contribution in [2.24, 2.45) is 0 Å². The molecule has 2 fully saturated rings. The van der Waals surface area contributed by atoms with Gasteiger partial charge in [-0.2, -0.15) is 0 Å². The fourth-order valence-corrected chi connectivity index (χ4v) is 4.86. The van der Waals surface area contributed by atoms with Crippen LogP contribution < -0.4 is 5.32 Å². The minimum atomic E-state index is -3.22. The number of hydrogen-bond acceptors (Lipinski definition) is 4. The molecule has 0 bridgehead atoms. The Morgan fingerprint density at radius 3 is 2.63 bits per heavy atom. The van der Waals surface area contributed by atoms with Crippen molar-refractivity contribution in [3.63, 3.8) is 0 Å². The summed E-state index contributed by atoms with van der Waals surface area (Å²) < 4.78 is 24.0. The van der Waals surface area contributed by atoms with Crippen LogP contribution in [0.15, 0.2) is 0 Å². The van der Waals surface area contributed by atoms with Crippen LogP contribution in [-0.2, 0) is 14.6 Å². The molecule has 6 heteroatoms. The first-order chi connectivity index (χ1) is 9.04. The second kappa shape index (κ2) is 6.22. The van der Waals surface area contributed by atoms with Crippen LogP contribution in [0.2, 0.25) is 0 Å². The summed E-state index contributed by atoms with van der Waals surface area (Å²) in [4.78, 5) is 14.2. The van der Waals surface area contributed by atoms with Crippen molar-refractivity contribution in [1.82, 2.24) is 10.2 Å². The van der Waals surface area contributed by atoms with E-state index >= 15 is 0 Å². The van der Waals surface area contributed by atoms with Gasteiger partial charge < -0.3 is 10.2 Å². The van der Waals surface area contributed by atoms with Crippen molar-refractivity contribution in [3.05, 3.63) is 0 Å². The van der Waals surface area contributed by atoms with Gasteiger partial charge in [0.15, 0.2) is 9.84 Å². The summed E-state index contributed by atoms with van der Waals surface area (Å²) in [6.07, 6.45) is 4.24. The van der Waals surface area contributed by atoms with Crippen LogP contribution in [0.5, 0.6) is 0 Å². The summed E-state index contributed by atoms with van der Waals surface area (Å²) >= 11 is 0. The summed E-state index contributed by atoms with van der Waals surface area (Å²) in [6.45, 7) is 4.14. The Kier molecular flexibility index (Phi) is 4.84. The molecule has 2 aliphatic heterocycles. The topological polar surface area (TPSA) is 66.5 Å². The van der Waals surface area contributed by atoms with Gasteiger partial charge in [0.05, 0.1) is 5.75 Å². The first-order valence-corrected chi connectivity index (χ1v) is 9.00. The Labute approximate surface area is 115 Å². The molecule has 1 amide bonds. The molecule has 5 nitrogen and oxygen atoms in total. The molecule has 0 aromatic carbocycles. The van der Waals surface area contributed by atoms with Crippen LogP contribution in [0.25, 0.3) is 0 Å². The Balaban J connectivity index is 2.02. The summed E-state index contributed by atoms with van der Waals surface area (Å²) in [5.41, 5.74) is 0. The Morgan fingerprint density at radius 1 is 1.26 bits per heavy atom. The van der Waals surface area contributed by atoms with Gasteiger partial charge >= 0.3 is 0 Å². The molecule has 0 radical (unpaired) electrons. The largest absolute Gasteiger partial charge is 0.340 e. The fourth-order valence-electron chi connectivity index (χ4n) is 2.99. The molecular weight excluding hydrogens is 264 g/mol. The molecule has 2 unspecified atom stereocenters. The highest BCUT2D eigenvalue weighted by Gasteiger charge is 2.37. The zero-order chi connectivity index (χ0) is 13.9. The van der Waals surface area contributed by atoms with Crippen molar-refractivity contribution >= 4 is 15.7 Å². The third-order valence-electron chi connectivity index (χ3n) is 4.15. The second-order valence-electron chi connectivity index (χ2n) is 5.52. The van der Waals surface area contributed by atoms with Gasteiger partial charge in [-0.15, -0.1) is 0 Å². The van der Waals surface area contributed by atoms with E-state index in [1.54, 1.807) is 4.90 Å². The molecule has 0 spiro atoms. The summed E-state index contributed by atoms with van der Waals surface area (Å²) in [7, 11) is -3.22. The van der Waals surface area contributed by atoms with Crippen molar-refractivity contribution in [1.29, 1.82) is 0 Å². The lowest BCUT2D eigenvalue weighted by molar-refractivity contribution is -0.131. The Hall–Kier alpha value is -0.620. The standard InChI is InChI=1S/C13H24N2O3S/c1-2-15(10-11-6-5-8-14-11)13(16)12-7-3-4-9-19(12,17)18/h11-12,14H,2-10H2,1H3. The normalized spacial score (nSPS) is 30.2. The van der Waals surface area contributed by atoms with Crippen molar-refractivity contribution in [2.75, 3.05) is 25.4 Å². The van der Waals surface area contributed by atoms with Gasteiger partial charge in [0, 0.05) is 19.1 Å². The quantitative estimate of drug-likeness (QED) is 0.820. The van der Waals surface area contributed by atoms with Gasteiger partial charge in [0.2, 0.25) is 5.91 Å². The highest BCUT2D eigenvalue weighted by atomic mass is 32.2. The molecule has 0 aliphatic carbocycles. The second-order valence-corrected chi connectivity index (χ2v) is 7.82. The van der Waals surface area contributed by atoms with Gasteiger partial charge in [0.1, 0.15) is 5.25 Å². The fraction of sp³-hybridized carbons (Fsp3) is 0.923. The number of carbonyl (C=O) groups excluding carboxylic acids is 1. The van der Waals surface area contributed by atoms with E-state index < -0.39 is 15.1 Å². The third-order valence-corrected chi connectivity index (χ3v) is 6.31. The van der Waals surface area contributed by atoms with Crippen molar-refractivity contribution in [3.8, 4) is 0 Å². The predicted molar refractivity (Wildman–Crippen MR) is 74.7 cm³/mol. The number of hydrogen-bond donors (Lipinski definition) is 1. The number of nitrogens with one attached hydrogen (secondary N) is 1. The lowest BCUT2D eigenvalue weighted by atomic mass is 10.1. The lowest BCUT2D eigenvalue weighted by Gasteiger charge is -2.30. The summed E-state index contributed by atoms with van der Waals surface area (Å²) in [5.74, 6) is -0.0151. The third kappa shape index (κ3) is 3.48. The number of nitrogens with zero attached hydrogens (tertiary/aromatic N) is 1. The maximum absolute atomic E-state index is 12.5. The number of sulfone groups is 1. The van der Waals surface area contributed by atoms with E-state index in [9.17, 15) is 13.2 Å². The van der Waals surface area contributed by atoms with Gasteiger partial charge in [0.25, 0.3) is 0 Å². The molecule has 19 heavy (non-hydrogen) atoms. The molecule has 2 rings (SSSR count). The van der Waals surface area contributed by atoms with E-state index in [4.69, 9.17) is 0 Å². The van der Waals surface area contributed by atoms with Crippen LogP contribution in [0, 0.1) is 0 Å². The maximum Gasteiger partial charge on any atom is 0.240 e. The number of rotatable bonds is 4. The van der Waals surface area contributed by atoms with E-state index in [1.165, 1.54) is 0 Å². The van der Waals surface area contributed by atoms with Crippen molar-refractivity contribution in [2.45, 2.75) is 50.3 Å². The lowest BCUT2D eigenvalue weighted by Crippen LogP contribution is -2.48. The minimum Gasteiger partial charge on any atom is -0.340 e. The molecule has 1 N–H and O–H groups in total. The smallest absolute Gasteiger partial charge is 0.240 e. The van der Waals surface area contributed by atoms with Gasteiger partial charge in [-0.25, -0.2) is 8.42 Å². The zero-order valence-corrected chi connectivity index (χ0v) is 12.4. The van der Waals surface area contributed by atoms with Crippen LogP contribution in [-0.4, -0.2) is 55.9 Å². The average Bonchev–Trinajstić information content (AvgIpc) is 2.87. The molecular formula is C13H24N2O3S. The summed E-state index contributed by atoms with van der Waals surface area (Å²) in [6, 6.07) is 0.329. The molecule has 2 atom stereocenters. The number of carbonyl (C=O) groups is 1. The van der Waals surface area contributed by atoms with Crippen LogP contribution in [0.1, 0.15) is 39.0 Å². The molecule has 2 aliphatic rings. The number of likely N-dealkylation sites (N-methyl/N-ethyl adjacent to an activating group) is 1. The molecule has 110 valence electrons. The summed E-state index contributed by atoms with van der Waals surface area (Å²) in [5, 5.41) is 2.57. The predicted octanol–water partition coefficient (Wildman–Crippen LogP) is 0.554. The Bertz CT molecular complexity index is 416. The van der Waals surface area contributed by atoms with Gasteiger partial charge in [-0.05, 0) is 39.2 Å². The van der Waals surface area contributed by atoms with Crippen LogP contribution in [0.4, 0.5) is 0 Å². The average molecular weight is 288 g/mol. The van der Waals surface area contributed by atoms with E-state index in [0.717, 1.165) is 25.8 Å². The number of amides is 1. The van der Waals surface area contributed by atoms with E-state index in [-0.39, 0.29) is 11.7 Å². The molecule has 0 saturated carbocycles.